The van der Waals surface area contributed by atoms with Crippen LogP contribution in [0.25, 0.3) is 0 Å². The van der Waals surface area contributed by atoms with Gasteiger partial charge in [-0.25, -0.2) is 4.39 Å². The Morgan fingerprint density at radius 1 is 1.37 bits per heavy atom. The highest BCUT2D eigenvalue weighted by Gasteiger charge is 2.41. The summed E-state index contributed by atoms with van der Waals surface area (Å²) in [5.74, 6) is -1.59. The Kier molecular flexibility index (Phi) is 3.71. The van der Waals surface area contributed by atoms with Crippen LogP contribution in [0.15, 0.2) is 24.3 Å². The smallest absolute Gasteiger partial charge is 0.309 e. The summed E-state index contributed by atoms with van der Waals surface area (Å²) in [6.45, 7) is -0.00912. The highest BCUT2D eigenvalue weighted by molar-refractivity contribution is 6.18. The van der Waals surface area contributed by atoms with Gasteiger partial charge >= 0.3 is 6.18 Å². The van der Waals surface area contributed by atoms with Gasteiger partial charge in [0.05, 0.1) is 5.56 Å². The zero-order valence-corrected chi connectivity index (χ0v) is 10.4. The van der Waals surface area contributed by atoms with E-state index in [-0.39, 0.29) is 18.1 Å². The van der Waals surface area contributed by atoms with Gasteiger partial charge < -0.3 is 4.90 Å². The predicted molar refractivity (Wildman–Crippen MR) is 62.9 cm³/mol. The van der Waals surface area contributed by atoms with Gasteiger partial charge in [-0.15, -0.1) is 11.6 Å². The molecule has 2 rings (SSSR count). The quantitative estimate of drug-likeness (QED) is 0.606. The number of nitrogens with zero attached hydrogens (tertiary/aromatic N) is 1. The maximum absolute atomic E-state index is 13.6. The van der Waals surface area contributed by atoms with Gasteiger partial charge in [0.25, 0.3) is 5.91 Å². The van der Waals surface area contributed by atoms with E-state index in [9.17, 15) is 22.4 Å². The lowest BCUT2D eigenvalue weighted by atomic mass is 10.1. The molecular weight excluding hydrogens is 286 g/mol. The van der Waals surface area contributed by atoms with Gasteiger partial charge in [-0.05, 0) is 18.2 Å². The molecule has 1 amide bonds. The first kappa shape index (κ1) is 14.1. The molecule has 1 aliphatic heterocycles. The van der Waals surface area contributed by atoms with Crippen LogP contribution in [-0.4, -0.2) is 24.5 Å². The second-order valence-corrected chi connectivity index (χ2v) is 4.62. The summed E-state index contributed by atoms with van der Waals surface area (Å²) in [6.07, 6.45) is -6.26. The van der Waals surface area contributed by atoms with Crippen molar-refractivity contribution in [3.8, 4) is 0 Å². The van der Waals surface area contributed by atoms with Crippen molar-refractivity contribution in [2.75, 3.05) is 17.3 Å². The SMILES string of the molecule is O=C1[C@H](F)[C@@H](CCl)CN1c1cccc(C(F)(F)F)c1. The number of hydrogen-bond donors (Lipinski definition) is 0. The minimum absolute atomic E-state index is 0.00912. The number of hydrogen-bond acceptors (Lipinski definition) is 1. The van der Waals surface area contributed by atoms with Crippen LogP contribution in [0.5, 0.6) is 0 Å². The molecule has 1 aliphatic rings. The first-order chi connectivity index (χ1) is 8.84. The Hall–Kier alpha value is -1.30. The van der Waals surface area contributed by atoms with Crippen molar-refractivity contribution >= 4 is 23.2 Å². The van der Waals surface area contributed by atoms with E-state index in [2.05, 4.69) is 0 Å². The summed E-state index contributed by atoms with van der Waals surface area (Å²) in [7, 11) is 0. The Balaban J connectivity index is 2.31. The molecule has 0 bridgehead atoms. The van der Waals surface area contributed by atoms with Gasteiger partial charge in [-0.2, -0.15) is 13.2 Å². The van der Waals surface area contributed by atoms with Crippen LogP contribution in [0.4, 0.5) is 23.2 Å². The number of benzene rings is 1. The first-order valence-electron chi connectivity index (χ1n) is 5.53. The average molecular weight is 296 g/mol. The molecule has 0 unspecified atom stereocenters. The normalized spacial score (nSPS) is 24.1. The molecule has 0 aliphatic carbocycles. The summed E-state index contributed by atoms with van der Waals surface area (Å²) < 4.78 is 51.3. The van der Waals surface area contributed by atoms with E-state index in [1.165, 1.54) is 12.1 Å². The van der Waals surface area contributed by atoms with Gasteiger partial charge in [0.15, 0.2) is 6.17 Å². The van der Waals surface area contributed by atoms with Gasteiger partial charge in [0.1, 0.15) is 0 Å². The monoisotopic (exact) mass is 295 g/mol. The molecule has 0 saturated carbocycles. The molecule has 0 N–H and O–H groups in total. The van der Waals surface area contributed by atoms with E-state index < -0.39 is 29.7 Å². The van der Waals surface area contributed by atoms with E-state index in [4.69, 9.17) is 11.6 Å². The molecule has 1 saturated heterocycles. The van der Waals surface area contributed by atoms with Crippen LogP contribution >= 0.6 is 11.6 Å². The van der Waals surface area contributed by atoms with Crippen molar-refractivity contribution in [3.63, 3.8) is 0 Å². The third-order valence-corrected chi connectivity index (χ3v) is 3.41. The predicted octanol–water partition coefficient (Wildman–Crippen LogP) is 3.25. The van der Waals surface area contributed by atoms with Crippen LogP contribution in [0.2, 0.25) is 0 Å². The van der Waals surface area contributed by atoms with E-state index in [1.807, 2.05) is 0 Å². The number of alkyl halides is 5. The fourth-order valence-electron chi connectivity index (χ4n) is 1.98. The molecule has 0 aromatic heterocycles. The number of rotatable bonds is 2. The fourth-order valence-corrected chi connectivity index (χ4v) is 2.23. The van der Waals surface area contributed by atoms with Crippen molar-refractivity contribution in [3.05, 3.63) is 29.8 Å². The fraction of sp³-hybridized carbons (Fsp3) is 0.417. The van der Waals surface area contributed by atoms with Crippen LogP contribution in [0.1, 0.15) is 5.56 Å². The van der Waals surface area contributed by atoms with E-state index >= 15 is 0 Å². The van der Waals surface area contributed by atoms with Crippen LogP contribution < -0.4 is 4.90 Å². The second kappa shape index (κ2) is 5.00. The third kappa shape index (κ3) is 2.68. The van der Waals surface area contributed by atoms with Crippen molar-refractivity contribution in [2.45, 2.75) is 12.3 Å². The maximum Gasteiger partial charge on any atom is 0.416 e. The number of amides is 1. The van der Waals surface area contributed by atoms with Crippen molar-refractivity contribution < 1.29 is 22.4 Å². The number of carbonyl (C=O) groups is 1. The minimum atomic E-state index is -4.50. The number of halogens is 5. The summed E-state index contributed by atoms with van der Waals surface area (Å²) in [6, 6.07) is 4.26. The minimum Gasteiger partial charge on any atom is -0.309 e. The first-order valence-corrected chi connectivity index (χ1v) is 6.06. The number of anilines is 1. The topological polar surface area (TPSA) is 20.3 Å². The van der Waals surface area contributed by atoms with E-state index in [0.29, 0.717) is 0 Å². The zero-order valence-electron chi connectivity index (χ0n) is 9.62. The van der Waals surface area contributed by atoms with E-state index in [0.717, 1.165) is 17.0 Å². The van der Waals surface area contributed by atoms with Crippen LogP contribution in [0.3, 0.4) is 0 Å². The number of carbonyl (C=O) groups excluding carboxylic acids is 1. The molecule has 2 atom stereocenters. The van der Waals surface area contributed by atoms with Crippen molar-refractivity contribution in [1.29, 1.82) is 0 Å². The zero-order chi connectivity index (χ0) is 14.2. The van der Waals surface area contributed by atoms with E-state index in [1.54, 1.807) is 0 Å². The summed E-state index contributed by atoms with van der Waals surface area (Å²) in [5.41, 5.74) is -0.836. The molecule has 104 valence electrons. The Morgan fingerprint density at radius 2 is 2.05 bits per heavy atom. The summed E-state index contributed by atoms with van der Waals surface area (Å²) >= 11 is 5.53. The van der Waals surface area contributed by atoms with Crippen LogP contribution in [0, 0.1) is 5.92 Å². The van der Waals surface area contributed by atoms with Crippen molar-refractivity contribution in [1.82, 2.24) is 0 Å². The van der Waals surface area contributed by atoms with Crippen molar-refractivity contribution in [2.24, 2.45) is 5.92 Å². The molecule has 0 spiro atoms. The molecule has 1 aromatic rings. The molecular formula is C12H10ClF4NO. The standard InChI is InChI=1S/C12H10ClF4NO/c13-5-7-6-18(11(19)10(7)14)9-3-1-2-8(4-9)12(15,16)17/h1-4,7,10H,5-6H2/t7-,10+/m0/s1. The molecule has 19 heavy (non-hydrogen) atoms. The molecule has 1 heterocycles. The lowest BCUT2D eigenvalue weighted by Crippen LogP contribution is -2.27. The lowest BCUT2D eigenvalue weighted by Gasteiger charge is -2.17. The van der Waals surface area contributed by atoms with Gasteiger partial charge in [-0.1, -0.05) is 6.07 Å². The Morgan fingerprint density at radius 3 is 2.58 bits per heavy atom. The lowest BCUT2D eigenvalue weighted by molar-refractivity contribution is -0.137. The van der Waals surface area contributed by atoms with Gasteiger partial charge in [0.2, 0.25) is 0 Å². The molecule has 0 radical (unpaired) electrons. The highest BCUT2D eigenvalue weighted by Crippen LogP contribution is 2.34. The molecule has 7 heteroatoms. The molecule has 1 fully saturated rings. The maximum atomic E-state index is 13.6. The third-order valence-electron chi connectivity index (χ3n) is 3.02. The second-order valence-electron chi connectivity index (χ2n) is 4.31. The van der Waals surface area contributed by atoms with Gasteiger partial charge in [0, 0.05) is 24.0 Å². The highest BCUT2D eigenvalue weighted by atomic mass is 35.5. The average Bonchev–Trinajstić information content (AvgIpc) is 2.65. The molecule has 1 aromatic carbocycles. The van der Waals surface area contributed by atoms with Gasteiger partial charge in [-0.3, -0.25) is 4.79 Å². The Bertz CT molecular complexity index is 491. The van der Waals surface area contributed by atoms with Crippen LogP contribution in [-0.2, 0) is 11.0 Å². The Labute approximate surface area is 112 Å². The molecule has 2 nitrogen and oxygen atoms in total. The summed E-state index contributed by atoms with van der Waals surface area (Å²) in [5, 5.41) is 0. The largest absolute Gasteiger partial charge is 0.416 e. The summed E-state index contributed by atoms with van der Waals surface area (Å²) in [4.78, 5) is 12.7.